The van der Waals surface area contributed by atoms with Gasteiger partial charge in [-0.05, 0) is 43.5 Å². The second-order valence-corrected chi connectivity index (χ2v) is 11.3. The van der Waals surface area contributed by atoms with Crippen LogP contribution in [0.4, 0.5) is 10.2 Å². The smallest absolute Gasteiger partial charge is 0.261 e. The van der Waals surface area contributed by atoms with E-state index in [1.54, 1.807) is 22.8 Å². The molecule has 0 aliphatic carbocycles. The van der Waals surface area contributed by atoms with Gasteiger partial charge in [0.05, 0.1) is 24.8 Å². The summed E-state index contributed by atoms with van der Waals surface area (Å²) in [5.41, 5.74) is 1.91. The highest BCUT2D eigenvalue weighted by Gasteiger charge is 2.28. The molecule has 0 radical (unpaired) electrons. The zero-order chi connectivity index (χ0) is 27.2. The van der Waals surface area contributed by atoms with Crippen molar-refractivity contribution in [1.82, 2.24) is 24.3 Å². The molecule has 4 aromatic rings. The maximum absolute atomic E-state index is 15.2. The molecule has 0 spiro atoms. The normalized spacial score (nSPS) is 21.2. The van der Waals surface area contributed by atoms with Crippen LogP contribution in [0.2, 0.25) is 5.02 Å². The van der Waals surface area contributed by atoms with E-state index >= 15 is 4.39 Å². The number of morpholine rings is 1. The first-order chi connectivity index (χ1) is 19.5. The Labute approximate surface area is 235 Å². The highest BCUT2D eigenvalue weighted by Crippen LogP contribution is 2.33. The molecule has 2 saturated heterocycles. The first-order valence-corrected chi connectivity index (χ1v) is 14.3. The number of anilines is 1. The number of rotatable bonds is 5. The number of ether oxygens (including phenoxy) is 2. The summed E-state index contributed by atoms with van der Waals surface area (Å²) in [5, 5.41) is 5.31. The molecule has 7 rings (SSSR count). The summed E-state index contributed by atoms with van der Waals surface area (Å²) >= 11 is 6.04. The predicted octanol–water partition coefficient (Wildman–Crippen LogP) is 4.40. The number of hydrogen-bond acceptors (Lipinski definition) is 7. The van der Waals surface area contributed by atoms with E-state index < -0.39 is 5.82 Å². The quantitative estimate of drug-likeness (QED) is 0.355. The number of pyridine rings is 1. The van der Waals surface area contributed by atoms with Crippen molar-refractivity contribution in [2.75, 3.05) is 37.8 Å². The van der Waals surface area contributed by atoms with E-state index in [2.05, 4.69) is 10.00 Å². The number of aromatic nitrogens is 5. The van der Waals surface area contributed by atoms with E-state index in [1.165, 1.54) is 6.07 Å². The molecule has 2 fully saturated rings. The van der Waals surface area contributed by atoms with E-state index in [0.29, 0.717) is 71.8 Å². The Hall–Kier alpha value is -3.34. The maximum Gasteiger partial charge on any atom is 0.261 e. The number of hydrogen-bond donors (Lipinski definition) is 0. The minimum absolute atomic E-state index is 0.116. The molecule has 11 heteroatoms. The summed E-state index contributed by atoms with van der Waals surface area (Å²) in [5.74, 6) is 1.27. The molecule has 6 heterocycles. The fourth-order valence-electron chi connectivity index (χ4n) is 6.02. The molecule has 3 aromatic heterocycles. The second kappa shape index (κ2) is 10.6. The summed E-state index contributed by atoms with van der Waals surface area (Å²) < 4.78 is 30.6. The van der Waals surface area contributed by atoms with Crippen LogP contribution in [0.5, 0.6) is 0 Å². The molecule has 9 nitrogen and oxygen atoms in total. The highest BCUT2D eigenvalue weighted by atomic mass is 35.5. The molecule has 0 amide bonds. The van der Waals surface area contributed by atoms with Crippen molar-refractivity contribution in [2.24, 2.45) is 5.92 Å². The monoisotopic (exact) mass is 564 g/mol. The summed E-state index contributed by atoms with van der Waals surface area (Å²) in [6.45, 7) is 4.66. The third kappa shape index (κ3) is 4.78. The predicted molar refractivity (Wildman–Crippen MR) is 149 cm³/mol. The number of aryl methyl sites for hydroxylation is 1. The van der Waals surface area contributed by atoms with Gasteiger partial charge in [-0.3, -0.25) is 14.0 Å². The molecule has 0 N–H and O–H groups in total. The summed E-state index contributed by atoms with van der Waals surface area (Å²) in [6, 6.07) is 6.29. The molecule has 40 heavy (non-hydrogen) atoms. The summed E-state index contributed by atoms with van der Waals surface area (Å²) in [6.07, 6.45) is 7.49. The Morgan fingerprint density at radius 2 is 2.05 bits per heavy atom. The average molecular weight is 565 g/mol. The second-order valence-electron chi connectivity index (χ2n) is 10.8. The van der Waals surface area contributed by atoms with Gasteiger partial charge in [0.2, 0.25) is 0 Å². The lowest BCUT2D eigenvalue weighted by Crippen LogP contribution is -2.39. The molecule has 208 valence electrons. The van der Waals surface area contributed by atoms with E-state index in [-0.39, 0.29) is 17.2 Å². The zero-order valence-electron chi connectivity index (χ0n) is 22.1. The van der Waals surface area contributed by atoms with Gasteiger partial charge in [-0.2, -0.15) is 5.10 Å². The molecule has 3 aliphatic rings. The van der Waals surface area contributed by atoms with Gasteiger partial charge < -0.3 is 14.4 Å². The standard InChI is InChI=1S/C29H30ClFN6O3/c30-20-5-6-21(23(31)11-20)27-28-22(29(38)37-7-1-4-25(37)33-28)12-26(34-27)35-8-10-40-24(16-35)19-13-32-36(15-19)14-18-3-2-9-39-17-18/h5-6,11-13,15,18,24H,1-4,7-10,14,16-17H2/t18?,24-/m0/s1. The van der Waals surface area contributed by atoms with E-state index in [0.717, 1.165) is 44.6 Å². The van der Waals surface area contributed by atoms with Crippen molar-refractivity contribution in [3.05, 3.63) is 69.2 Å². The lowest BCUT2D eigenvalue weighted by molar-refractivity contribution is 0.0391. The van der Waals surface area contributed by atoms with Crippen molar-refractivity contribution in [2.45, 2.75) is 44.9 Å². The van der Waals surface area contributed by atoms with Crippen LogP contribution in [0.15, 0.2) is 41.5 Å². The molecule has 3 aliphatic heterocycles. The Balaban J connectivity index is 1.24. The fourth-order valence-corrected chi connectivity index (χ4v) is 6.18. The lowest BCUT2D eigenvalue weighted by atomic mass is 10.0. The molecule has 1 unspecified atom stereocenters. The number of nitrogens with zero attached hydrogens (tertiary/aromatic N) is 6. The SMILES string of the molecule is O=c1c2cc(N3CCO[C@H](c4cnn(CC5CCCOC5)c4)C3)nc(-c3ccc(Cl)cc3F)c2nc2n1CCC2. The Bertz CT molecular complexity index is 1630. The van der Waals surface area contributed by atoms with Gasteiger partial charge in [-0.25, -0.2) is 14.4 Å². The first kappa shape index (κ1) is 25.6. The molecule has 0 saturated carbocycles. The molecular weight excluding hydrogens is 535 g/mol. The van der Waals surface area contributed by atoms with Gasteiger partial charge in [0, 0.05) is 67.5 Å². The number of benzene rings is 1. The van der Waals surface area contributed by atoms with Crippen LogP contribution in [0.25, 0.3) is 22.2 Å². The van der Waals surface area contributed by atoms with Gasteiger partial charge >= 0.3 is 0 Å². The number of halogens is 2. The fraction of sp³-hybridized carbons (Fsp3) is 0.448. The van der Waals surface area contributed by atoms with E-state index in [4.69, 9.17) is 31.0 Å². The van der Waals surface area contributed by atoms with Crippen molar-refractivity contribution in [1.29, 1.82) is 0 Å². The van der Waals surface area contributed by atoms with Crippen LogP contribution in [-0.4, -0.2) is 57.2 Å². The minimum atomic E-state index is -0.503. The van der Waals surface area contributed by atoms with Crippen LogP contribution in [-0.2, 0) is 29.0 Å². The van der Waals surface area contributed by atoms with Crippen LogP contribution in [0.1, 0.15) is 36.8 Å². The van der Waals surface area contributed by atoms with Gasteiger partial charge in [0.25, 0.3) is 5.56 Å². The highest BCUT2D eigenvalue weighted by molar-refractivity contribution is 6.30. The van der Waals surface area contributed by atoms with Crippen molar-refractivity contribution in [3.63, 3.8) is 0 Å². The summed E-state index contributed by atoms with van der Waals surface area (Å²) in [4.78, 5) is 25.3. The largest absolute Gasteiger partial charge is 0.381 e. The van der Waals surface area contributed by atoms with E-state index in [9.17, 15) is 4.79 Å². The average Bonchev–Trinajstić information content (AvgIpc) is 3.64. The van der Waals surface area contributed by atoms with Gasteiger partial charge in [-0.1, -0.05) is 11.6 Å². The third-order valence-corrected chi connectivity index (χ3v) is 8.33. The molecule has 2 atom stereocenters. The van der Waals surface area contributed by atoms with Crippen LogP contribution >= 0.6 is 11.6 Å². The Kier molecular flexibility index (Phi) is 6.77. The topological polar surface area (TPSA) is 87.3 Å². The van der Waals surface area contributed by atoms with Gasteiger partial charge in [0.1, 0.15) is 34.8 Å². The summed E-state index contributed by atoms with van der Waals surface area (Å²) in [7, 11) is 0. The van der Waals surface area contributed by atoms with Crippen molar-refractivity contribution < 1.29 is 13.9 Å². The molecule has 0 bridgehead atoms. The van der Waals surface area contributed by atoms with Crippen LogP contribution in [0, 0.1) is 11.7 Å². The minimum Gasteiger partial charge on any atom is -0.381 e. The van der Waals surface area contributed by atoms with Gasteiger partial charge in [-0.15, -0.1) is 0 Å². The maximum atomic E-state index is 15.2. The molecular formula is C29H30ClFN6O3. The number of fused-ring (bicyclic) bond motifs is 2. The Morgan fingerprint density at radius 1 is 1.12 bits per heavy atom. The van der Waals surface area contributed by atoms with Crippen LogP contribution < -0.4 is 10.5 Å². The van der Waals surface area contributed by atoms with Crippen molar-refractivity contribution >= 4 is 28.3 Å². The Morgan fingerprint density at radius 3 is 2.90 bits per heavy atom. The van der Waals surface area contributed by atoms with Crippen LogP contribution in [0.3, 0.4) is 0 Å². The van der Waals surface area contributed by atoms with Gasteiger partial charge in [0.15, 0.2) is 0 Å². The third-order valence-electron chi connectivity index (χ3n) is 8.09. The van der Waals surface area contributed by atoms with E-state index in [1.807, 2.05) is 17.1 Å². The molecule has 1 aromatic carbocycles. The zero-order valence-corrected chi connectivity index (χ0v) is 22.8. The first-order valence-electron chi connectivity index (χ1n) is 13.9. The lowest BCUT2D eigenvalue weighted by Gasteiger charge is -2.33. The van der Waals surface area contributed by atoms with Crippen molar-refractivity contribution in [3.8, 4) is 11.3 Å².